The normalized spacial score (nSPS) is 35.7. The molecule has 2 aromatic rings. The molecule has 0 spiro atoms. The van der Waals surface area contributed by atoms with E-state index in [1.54, 1.807) is 0 Å². The Morgan fingerprint density at radius 2 is 1.67 bits per heavy atom. The Kier molecular flexibility index (Phi) is 4.11. The third-order valence-electron chi connectivity index (χ3n) is 4.68. The number of halogens is 2. The minimum Gasteiger partial charge on any atom is -0.487 e. The van der Waals surface area contributed by atoms with E-state index in [1.807, 2.05) is 0 Å². The Morgan fingerprint density at radius 3 is 2.43 bits per heavy atom. The summed E-state index contributed by atoms with van der Waals surface area (Å²) in [5, 5.41) is 34.4. The summed E-state index contributed by atoms with van der Waals surface area (Å²) in [4.78, 5) is 0. The second-order valence-corrected chi connectivity index (χ2v) is 6.91. The quantitative estimate of drug-likeness (QED) is 0.562. The predicted molar refractivity (Wildman–Crippen MR) is 104 cm³/mol. The molecule has 0 saturated heterocycles. The number of aryl methyl sites for hydroxylation is 1. The van der Waals surface area contributed by atoms with Gasteiger partial charge in [0.25, 0.3) is 0 Å². The summed E-state index contributed by atoms with van der Waals surface area (Å²) in [6.07, 6.45) is -18.3. The van der Waals surface area contributed by atoms with Crippen molar-refractivity contribution in [3.05, 3.63) is 59.2 Å². The number of rotatable bonds is 6. The van der Waals surface area contributed by atoms with Crippen molar-refractivity contribution >= 4 is 0 Å². The van der Waals surface area contributed by atoms with Crippen LogP contribution in [0.3, 0.4) is 0 Å². The van der Waals surface area contributed by atoms with E-state index in [9.17, 15) is 24.1 Å². The molecule has 5 unspecified atom stereocenters. The summed E-state index contributed by atoms with van der Waals surface area (Å²) >= 11 is 0. The number of hydrogen-bond donors (Lipinski definition) is 4. The van der Waals surface area contributed by atoms with Gasteiger partial charge in [0.15, 0.2) is 0 Å². The van der Waals surface area contributed by atoms with Crippen LogP contribution in [0.5, 0.6) is 11.5 Å². The van der Waals surface area contributed by atoms with Gasteiger partial charge in [0.2, 0.25) is 0 Å². The van der Waals surface area contributed by atoms with Crippen LogP contribution >= 0.6 is 0 Å². The first-order valence-corrected chi connectivity index (χ1v) is 9.24. The van der Waals surface area contributed by atoms with Gasteiger partial charge in [-0.3, -0.25) is 0 Å². The highest BCUT2D eigenvalue weighted by Gasteiger charge is 2.32. The van der Waals surface area contributed by atoms with Crippen molar-refractivity contribution in [1.29, 1.82) is 0 Å². The average molecular weight is 428 g/mol. The Morgan fingerprint density at radius 1 is 1.03 bits per heavy atom. The van der Waals surface area contributed by atoms with Crippen LogP contribution in [-0.2, 0) is 6.37 Å². The maximum Gasteiger partial charge on any atom is 0.129 e. The van der Waals surface area contributed by atoms with Gasteiger partial charge in [0.1, 0.15) is 47.5 Å². The molecular weight excluding hydrogens is 396 g/mol. The highest BCUT2D eigenvalue weighted by Crippen LogP contribution is 2.36. The van der Waals surface area contributed by atoms with Crippen LogP contribution in [-0.4, -0.2) is 52.8 Å². The van der Waals surface area contributed by atoms with Gasteiger partial charge in [0.05, 0.1) is 7.45 Å². The van der Waals surface area contributed by atoms with Gasteiger partial charge < -0.3 is 30.1 Å². The van der Waals surface area contributed by atoms with Crippen LogP contribution in [0.15, 0.2) is 36.4 Å². The standard InChI is InChI=1S/C22H25F2NO5/c23-13-2-5-19-12(7-13)1-4-21(29-19)17(27)10-25-11-18(28)22-9-16(26)15-8-14(24)3-6-20(15)30-22/h2-3,5-8,16-18,21-22,25-28H,1,4,9-11H2/i1D2,4D2,9D2,16D. The number of aliphatic hydroxyl groups excluding tert-OH is 2. The van der Waals surface area contributed by atoms with Crippen LogP contribution < -0.4 is 14.8 Å². The molecule has 0 radical (unpaired) electrons. The van der Waals surface area contributed by atoms with Crippen molar-refractivity contribution in [2.75, 3.05) is 13.1 Å². The van der Waals surface area contributed by atoms with Crippen molar-refractivity contribution in [2.45, 2.75) is 49.6 Å². The van der Waals surface area contributed by atoms with Crippen LogP contribution in [0.1, 0.15) is 39.5 Å². The molecule has 30 heavy (non-hydrogen) atoms. The first kappa shape index (κ1) is 13.9. The molecule has 4 rings (SSSR count). The zero-order valence-electron chi connectivity index (χ0n) is 22.6. The fourth-order valence-corrected chi connectivity index (χ4v) is 3.13. The predicted octanol–water partition coefficient (Wildman–Crippen LogP) is 1.85. The van der Waals surface area contributed by atoms with Crippen molar-refractivity contribution in [1.82, 2.24) is 5.32 Å². The van der Waals surface area contributed by atoms with Crippen molar-refractivity contribution in [3.63, 3.8) is 0 Å². The zero-order valence-corrected chi connectivity index (χ0v) is 15.6. The Balaban J connectivity index is 1.46. The van der Waals surface area contributed by atoms with Gasteiger partial charge in [-0.15, -0.1) is 0 Å². The lowest BCUT2D eigenvalue weighted by molar-refractivity contribution is -0.0175. The lowest BCUT2D eigenvalue weighted by Gasteiger charge is -2.33. The van der Waals surface area contributed by atoms with Crippen LogP contribution in [0.2, 0.25) is 0 Å². The summed E-state index contributed by atoms with van der Waals surface area (Å²) in [7, 11) is 0. The van der Waals surface area contributed by atoms with Crippen molar-refractivity contribution in [2.24, 2.45) is 0 Å². The minimum atomic E-state index is -2.96. The van der Waals surface area contributed by atoms with E-state index in [2.05, 4.69) is 5.32 Å². The van der Waals surface area contributed by atoms with Gasteiger partial charge in [-0.2, -0.15) is 0 Å². The molecule has 2 aliphatic heterocycles. The first-order valence-electron chi connectivity index (χ1n) is 12.7. The van der Waals surface area contributed by atoms with E-state index in [4.69, 9.17) is 19.1 Å². The summed E-state index contributed by atoms with van der Waals surface area (Å²) in [6, 6.07) is 5.80. The van der Waals surface area contributed by atoms with Gasteiger partial charge in [-0.25, -0.2) is 8.78 Å². The fourth-order valence-electron chi connectivity index (χ4n) is 3.13. The van der Waals surface area contributed by atoms with Gasteiger partial charge in [0, 0.05) is 33.3 Å². The third kappa shape index (κ3) is 4.57. The SMILES string of the molecule is [2H]C1([2H])c2cc(F)ccc2OC(C(O)CNCC(O)C2Oc3ccc(F)cc3C([2H])(O)C2([2H])[2H])C1([2H])[2H]. The Labute approximate surface area is 182 Å². The molecule has 8 heteroatoms. The molecule has 2 heterocycles. The zero-order chi connectivity index (χ0) is 27.6. The maximum atomic E-state index is 13.6. The van der Waals surface area contributed by atoms with E-state index in [1.165, 1.54) is 0 Å². The van der Waals surface area contributed by atoms with E-state index in [0.29, 0.717) is 0 Å². The summed E-state index contributed by atoms with van der Waals surface area (Å²) < 4.78 is 95.6. The molecule has 162 valence electrons. The van der Waals surface area contributed by atoms with E-state index in [0.717, 1.165) is 36.4 Å². The summed E-state index contributed by atoms with van der Waals surface area (Å²) in [5.41, 5.74) is -0.792. The number of nitrogens with one attached hydrogen (secondary N) is 1. The smallest absolute Gasteiger partial charge is 0.129 e. The van der Waals surface area contributed by atoms with Gasteiger partial charge in [-0.05, 0) is 54.7 Å². The molecule has 6 nitrogen and oxygen atoms in total. The summed E-state index contributed by atoms with van der Waals surface area (Å²) in [6.45, 7) is -0.908. The summed E-state index contributed by atoms with van der Waals surface area (Å²) in [5.74, 6) is -1.94. The maximum absolute atomic E-state index is 13.6. The molecule has 0 saturated carbocycles. The van der Waals surface area contributed by atoms with Crippen LogP contribution in [0, 0.1) is 11.6 Å². The Hall–Kier alpha value is -2.26. The molecule has 2 aromatic carbocycles. The largest absolute Gasteiger partial charge is 0.487 e. The van der Waals surface area contributed by atoms with Crippen molar-refractivity contribution in [3.8, 4) is 11.5 Å². The molecular formula is C22H25F2NO5. The topological polar surface area (TPSA) is 91.2 Å². The second-order valence-electron chi connectivity index (χ2n) is 6.91. The van der Waals surface area contributed by atoms with E-state index >= 15 is 0 Å². The fraction of sp³-hybridized carbons (Fsp3) is 0.455. The van der Waals surface area contributed by atoms with E-state index in [-0.39, 0.29) is 17.1 Å². The molecule has 5 atom stereocenters. The van der Waals surface area contributed by atoms with E-state index < -0.39 is 79.9 Å². The number of fused-ring (bicyclic) bond motifs is 2. The Bertz CT molecular complexity index is 1100. The first-order chi connectivity index (χ1) is 17.0. The number of ether oxygens (including phenoxy) is 2. The van der Waals surface area contributed by atoms with Crippen molar-refractivity contribution < 1.29 is 43.2 Å². The lowest BCUT2D eigenvalue weighted by atomic mass is 9.96. The number of hydrogen-bond acceptors (Lipinski definition) is 6. The highest BCUT2D eigenvalue weighted by molar-refractivity contribution is 5.38. The third-order valence-corrected chi connectivity index (χ3v) is 4.68. The minimum absolute atomic E-state index is 0.140. The molecule has 0 amide bonds. The molecule has 0 aliphatic carbocycles. The van der Waals surface area contributed by atoms with Crippen LogP contribution in [0.25, 0.3) is 0 Å². The monoisotopic (exact) mass is 428 g/mol. The highest BCUT2D eigenvalue weighted by atomic mass is 19.1. The average Bonchev–Trinajstić information content (AvgIpc) is 2.80. The second kappa shape index (κ2) is 8.85. The van der Waals surface area contributed by atoms with Crippen LogP contribution in [0.4, 0.5) is 8.78 Å². The molecule has 0 bridgehead atoms. The lowest BCUT2D eigenvalue weighted by Crippen LogP contribution is -2.46. The van der Waals surface area contributed by atoms with Gasteiger partial charge in [-0.1, -0.05) is 0 Å². The molecule has 0 fully saturated rings. The van der Waals surface area contributed by atoms with Gasteiger partial charge >= 0.3 is 0 Å². The molecule has 2 aliphatic rings. The molecule has 0 aromatic heterocycles. The molecule has 4 N–H and O–H groups in total. The number of aliphatic hydroxyl groups is 3. The number of benzene rings is 2.